The standard InChI is InChI=1S/C26H24N4O5/c1-14-22(24(32)30(29-14)16-8-7-15-11-12-26(2,3)18(15)13-16)28-27-19-6-4-5-17(23(19)31)20-9-10-21(35-20)25(33)34/h4-10,13,27,31H,11-12H2,1-3H3,(H,33,34)/b28-22+. The van der Waals surface area contributed by atoms with E-state index in [1.165, 1.54) is 28.3 Å². The number of nitrogens with one attached hydrogen (secondary N) is 1. The van der Waals surface area contributed by atoms with Crippen molar-refractivity contribution in [1.29, 1.82) is 0 Å². The van der Waals surface area contributed by atoms with Gasteiger partial charge in [-0.15, -0.1) is 0 Å². The van der Waals surface area contributed by atoms with E-state index in [9.17, 15) is 14.7 Å². The first-order valence-electron chi connectivity index (χ1n) is 11.2. The first-order valence-corrected chi connectivity index (χ1v) is 11.2. The molecule has 0 atom stereocenters. The Balaban J connectivity index is 1.40. The fourth-order valence-electron chi connectivity index (χ4n) is 4.47. The van der Waals surface area contributed by atoms with Gasteiger partial charge in [0.15, 0.2) is 11.5 Å². The Morgan fingerprint density at radius 1 is 1.20 bits per heavy atom. The van der Waals surface area contributed by atoms with E-state index in [0.29, 0.717) is 11.4 Å². The van der Waals surface area contributed by atoms with Crippen molar-refractivity contribution in [3.63, 3.8) is 0 Å². The zero-order valence-electron chi connectivity index (χ0n) is 19.5. The number of phenolic OH excluding ortho intramolecular Hbond substituents is 1. The summed E-state index contributed by atoms with van der Waals surface area (Å²) < 4.78 is 5.29. The van der Waals surface area contributed by atoms with Crippen LogP contribution in [0.25, 0.3) is 11.3 Å². The summed E-state index contributed by atoms with van der Waals surface area (Å²) in [5.41, 5.74) is 7.06. The molecule has 2 heterocycles. The number of carbonyl (C=O) groups excluding carboxylic acids is 1. The third-order valence-corrected chi connectivity index (χ3v) is 6.48. The Morgan fingerprint density at radius 3 is 2.74 bits per heavy atom. The number of nitrogens with zero attached hydrogens (tertiary/aromatic N) is 3. The van der Waals surface area contributed by atoms with Crippen LogP contribution in [0.5, 0.6) is 5.75 Å². The molecule has 9 nitrogen and oxygen atoms in total. The molecule has 2 aromatic carbocycles. The van der Waals surface area contributed by atoms with Gasteiger partial charge >= 0.3 is 11.9 Å². The van der Waals surface area contributed by atoms with E-state index in [1.54, 1.807) is 25.1 Å². The van der Waals surface area contributed by atoms with Crippen LogP contribution in [0.15, 0.2) is 63.2 Å². The first kappa shape index (κ1) is 22.4. The van der Waals surface area contributed by atoms with E-state index in [4.69, 9.17) is 9.52 Å². The van der Waals surface area contributed by atoms with Crippen molar-refractivity contribution in [3.8, 4) is 17.1 Å². The van der Waals surface area contributed by atoms with Crippen molar-refractivity contribution >= 4 is 34.7 Å². The summed E-state index contributed by atoms with van der Waals surface area (Å²) in [5, 5.41) is 29.7. The minimum atomic E-state index is -1.21. The smallest absolute Gasteiger partial charge is 0.371 e. The number of rotatable bonds is 5. The van der Waals surface area contributed by atoms with Crippen molar-refractivity contribution in [1.82, 2.24) is 0 Å². The quantitative estimate of drug-likeness (QED) is 0.363. The number of amides is 1. The Bertz CT molecular complexity index is 1430. The van der Waals surface area contributed by atoms with Gasteiger partial charge in [-0.05, 0) is 72.7 Å². The number of anilines is 2. The lowest BCUT2D eigenvalue weighted by atomic mass is 9.86. The molecule has 1 aromatic heterocycles. The van der Waals surface area contributed by atoms with Crippen LogP contribution >= 0.6 is 0 Å². The van der Waals surface area contributed by atoms with Gasteiger partial charge in [0.25, 0.3) is 0 Å². The Hall–Kier alpha value is -4.40. The molecular formula is C26H24N4O5. The summed E-state index contributed by atoms with van der Waals surface area (Å²) in [6.45, 7) is 6.10. The Labute approximate surface area is 201 Å². The SMILES string of the molecule is CC1=NN(c2ccc3c(c2)C(C)(C)CC3)C(=O)/C1=N/Nc1cccc(-c2ccc(C(=O)O)o2)c1O. The molecule has 0 unspecified atom stereocenters. The van der Waals surface area contributed by atoms with E-state index >= 15 is 0 Å². The predicted octanol–water partition coefficient (Wildman–Crippen LogP) is 4.76. The molecule has 2 aliphatic rings. The molecule has 3 N–H and O–H groups in total. The van der Waals surface area contributed by atoms with Crippen LogP contribution in [-0.4, -0.2) is 33.5 Å². The molecule has 35 heavy (non-hydrogen) atoms. The second-order valence-corrected chi connectivity index (χ2v) is 9.27. The zero-order valence-corrected chi connectivity index (χ0v) is 19.5. The molecular weight excluding hydrogens is 448 g/mol. The van der Waals surface area contributed by atoms with Gasteiger partial charge in [0.2, 0.25) is 5.76 Å². The Kier molecular flexibility index (Phi) is 5.20. The number of fused-ring (bicyclic) bond motifs is 1. The van der Waals surface area contributed by atoms with E-state index < -0.39 is 5.97 Å². The fourth-order valence-corrected chi connectivity index (χ4v) is 4.47. The average molecular weight is 473 g/mol. The molecule has 0 fully saturated rings. The van der Waals surface area contributed by atoms with Crippen LogP contribution in [-0.2, 0) is 16.6 Å². The minimum Gasteiger partial charge on any atom is -0.505 e. The summed E-state index contributed by atoms with van der Waals surface area (Å²) in [6.07, 6.45) is 2.09. The number of hydrogen-bond acceptors (Lipinski definition) is 7. The van der Waals surface area contributed by atoms with E-state index in [-0.39, 0.29) is 45.6 Å². The molecule has 0 spiro atoms. The number of carboxylic acid groups (broad SMARTS) is 1. The lowest BCUT2D eigenvalue weighted by molar-refractivity contribution is -0.112. The van der Waals surface area contributed by atoms with Gasteiger partial charge in [0.1, 0.15) is 5.76 Å². The fraction of sp³-hybridized carbons (Fsp3) is 0.231. The number of carboxylic acids is 1. The maximum Gasteiger partial charge on any atom is 0.371 e. The van der Waals surface area contributed by atoms with Crippen molar-refractivity contribution in [2.24, 2.45) is 10.2 Å². The molecule has 0 saturated heterocycles. The second kappa shape index (κ2) is 8.12. The van der Waals surface area contributed by atoms with E-state index in [2.05, 4.69) is 35.5 Å². The molecule has 1 aliphatic carbocycles. The summed E-state index contributed by atoms with van der Waals surface area (Å²) >= 11 is 0. The van der Waals surface area contributed by atoms with Crippen LogP contribution in [0.2, 0.25) is 0 Å². The molecule has 0 radical (unpaired) electrons. The highest BCUT2D eigenvalue weighted by atomic mass is 16.4. The summed E-state index contributed by atoms with van der Waals surface area (Å²) in [4.78, 5) is 24.2. The minimum absolute atomic E-state index is 0.0487. The topological polar surface area (TPSA) is 128 Å². The highest BCUT2D eigenvalue weighted by Gasteiger charge is 2.34. The number of benzene rings is 2. The van der Waals surface area contributed by atoms with Crippen LogP contribution in [0.3, 0.4) is 0 Å². The van der Waals surface area contributed by atoms with Gasteiger partial charge in [-0.2, -0.15) is 15.2 Å². The van der Waals surface area contributed by atoms with Gasteiger partial charge in [-0.1, -0.05) is 26.0 Å². The number of carbonyl (C=O) groups is 2. The molecule has 178 valence electrons. The highest BCUT2D eigenvalue weighted by molar-refractivity contribution is 6.71. The van der Waals surface area contributed by atoms with Crippen molar-refractivity contribution < 1.29 is 24.2 Å². The van der Waals surface area contributed by atoms with Gasteiger partial charge in [-0.25, -0.2) is 4.79 Å². The Morgan fingerprint density at radius 2 is 2.00 bits per heavy atom. The summed E-state index contributed by atoms with van der Waals surface area (Å²) in [6, 6.07) is 13.6. The van der Waals surface area contributed by atoms with E-state index in [1.807, 2.05) is 12.1 Å². The molecule has 0 saturated carbocycles. The monoisotopic (exact) mass is 472 g/mol. The van der Waals surface area contributed by atoms with Gasteiger partial charge in [0.05, 0.1) is 22.6 Å². The van der Waals surface area contributed by atoms with Gasteiger partial charge in [0, 0.05) is 0 Å². The molecule has 0 bridgehead atoms. The molecule has 1 aliphatic heterocycles. The van der Waals surface area contributed by atoms with Crippen molar-refractivity contribution in [2.45, 2.75) is 39.0 Å². The molecule has 9 heteroatoms. The second-order valence-electron chi connectivity index (χ2n) is 9.27. The van der Waals surface area contributed by atoms with Gasteiger partial charge < -0.3 is 14.6 Å². The molecule has 5 rings (SSSR count). The average Bonchev–Trinajstić information content (AvgIpc) is 3.50. The van der Waals surface area contributed by atoms with Gasteiger partial charge in [-0.3, -0.25) is 10.2 Å². The number of aromatic hydroxyl groups is 1. The van der Waals surface area contributed by atoms with E-state index in [0.717, 1.165) is 12.8 Å². The number of aryl methyl sites for hydroxylation is 1. The number of hydrazone groups is 2. The summed E-state index contributed by atoms with van der Waals surface area (Å²) in [5.74, 6) is -1.82. The first-order chi connectivity index (χ1) is 16.7. The van der Waals surface area contributed by atoms with Crippen molar-refractivity contribution in [3.05, 3.63) is 65.4 Å². The number of phenols is 1. The largest absolute Gasteiger partial charge is 0.505 e. The molecule has 3 aromatic rings. The van der Waals surface area contributed by atoms with Crippen LogP contribution in [0.4, 0.5) is 11.4 Å². The third kappa shape index (κ3) is 3.84. The maximum atomic E-state index is 13.1. The lowest BCUT2D eigenvalue weighted by Gasteiger charge is -2.21. The summed E-state index contributed by atoms with van der Waals surface area (Å²) in [7, 11) is 0. The highest BCUT2D eigenvalue weighted by Crippen LogP contribution is 2.40. The number of para-hydroxylation sites is 1. The molecule has 1 amide bonds. The normalized spacial score (nSPS) is 17.6. The van der Waals surface area contributed by atoms with Crippen LogP contribution < -0.4 is 10.4 Å². The zero-order chi connectivity index (χ0) is 24.9. The van der Waals surface area contributed by atoms with Crippen molar-refractivity contribution in [2.75, 3.05) is 10.4 Å². The number of aromatic carboxylic acids is 1. The lowest BCUT2D eigenvalue weighted by Crippen LogP contribution is -2.28. The number of furan rings is 1. The van der Waals surface area contributed by atoms with Crippen LogP contribution in [0, 0.1) is 0 Å². The maximum absolute atomic E-state index is 13.1. The number of hydrogen-bond donors (Lipinski definition) is 3. The third-order valence-electron chi connectivity index (χ3n) is 6.48. The van der Waals surface area contributed by atoms with Crippen LogP contribution in [0.1, 0.15) is 48.9 Å². The predicted molar refractivity (Wildman–Crippen MR) is 132 cm³/mol.